The van der Waals surface area contributed by atoms with Crippen LogP contribution < -0.4 is 10.1 Å². The molecule has 0 spiro atoms. The van der Waals surface area contributed by atoms with Gasteiger partial charge in [0, 0.05) is 18.3 Å². The molecule has 0 atom stereocenters. The maximum absolute atomic E-state index is 12.3. The van der Waals surface area contributed by atoms with Gasteiger partial charge in [0.1, 0.15) is 5.75 Å². The van der Waals surface area contributed by atoms with Crippen LogP contribution >= 0.6 is 11.8 Å². The van der Waals surface area contributed by atoms with Crippen molar-refractivity contribution in [2.24, 2.45) is 7.05 Å². The summed E-state index contributed by atoms with van der Waals surface area (Å²) in [6.45, 7) is 6.57. The smallest absolute Gasteiger partial charge is 0.234 e. The van der Waals surface area contributed by atoms with Crippen LogP contribution in [0.3, 0.4) is 0 Å². The van der Waals surface area contributed by atoms with Crippen molar-refractivity contribution in [3.05, 3.63) is 53.6 Å². The predicted molar refractivity (Wildman–Crippen MR) is 113 cm³/mol. The zero-order chi connectivity index (χ0) is 20.1. The van der Waals surface area contributed by atoms with Crippen LogP contribution in [0, 0.1) is 13.8 Å². The first-order chi connectivity index (χ1) is 13.5. The largest absolute Gasteiger partial charge is 0.494 e. The van der Waals surface area contributed by atoms with Crippen molar-refractivity contribution in [1.82, 2.24) is 14.8 Å². The molecule has 0 bridgehead atoms. The van der Waals surface area contributed by atoms with Gasteiger partial charge in [0.2, 0.25) is 5.91 Å². The molecule has 1 N–H and O–H groups in total. The van der Waals surface area contributed by atoms with Gasteiger partial charge < -0.3 is 14.6 Å². The predicted octanol–water partition coefficient (Wildman–Crippen LogP) is 4.23. The average molecular weight is 397 g/mol. The minimum absolute atomic E-state index is 0.0654. The molecule has 0 fully saturated rings. The van der Waals surface area contributed by atoms with Gasteiger partial charge in [-0.1, -0.05) is 23.9 Å². The summed E-state index contributed by atoms with van der Waals surface area (Å²) in [4.78, 5) is 12.3. The Labute approximate surface area is 169 Å². The van der Waals surface area contributed by atoms with Crippen molar-refractivity contribution in [1.29, 1.82) is 0 Å². The van der Waals surface area contributed by atoms with Crippen LogP contribution in [-0.2, 0) is 11.8 Å². The van der Waals surface area contributed by atoms with Crippen LogP contribution in [0.2, 0.25) is 0 Å². The van der Waals surface area contributed by atoms with Crippen LogP contribution in [0.15, 0.2) is 47.6 Å². The molecule has 28 heavy (non-hydrogen) atoms. The molecule has 2 aromatic carbocycles. The highest BCUT2D eigenvalue weighted by Gasteiger charge is 2.13. The molecule has 1 aromatic heterocycles. The number of carbonyl (C=O) groups excluding carboxylic acids is 1. The second kappa shape index (κ2) is 8.93. The highest BCUT2D eigenvalue weighted by molar-refractivity contribution is 7.99. The topological polar surface area (TPSA) is 69.0 Å². The van der Waals surface area contributed by atoms with E-state index in [0.29, 0.717) is 11.8 Å². The van der Waals surface area contributed by atoms with Crippen molar-refractivity contribution < 1.29 is 9.53 Å². The van der Waals surface area contributed by atoms with E-state index in [1.54, 1.807) is 0 Å². The lowest BCUT2D eigenvalue weighted by atomic mass is 10.1. The van der Waals surface area contributed by atoms with Crippen LogP contribution in [-0.4, -0.2) is 33.0 Å². The van der Waals surface area contributed by atoms with Gasteiger partial charge in [-0.05, 0) is 62.2 Å². The van der Waals surface area contributed by atoms with E-state index in [0.717, 1.165) is 34.0 Å². The zero-order valence-electron chi connectivity index (χ0n) is 16.5. The molecule has 3 rings (SSSR count). The lowest BCUT2D eigenvalue weighted by Crippen LogP contribution is -2.15. The number of anilines is 1. The zero-order valence-corrected chi connectivity index (χ0v) is 17.3. The highest BCUT2D eigenvalue weighted by atomic mass is 32.2. The van der Waals surface area contributed by atoms with Crippen LogP contribution in [0.4, 0.5) is 5.69 Å². The van der Waals surface area contributed by atoms with E-state index < -0.39 is 0 Å². The number of benzene rings is 2. The number of hydrogen-bond acceptors (Lipinski definition) is 5. The monoisotopic (exact) mass is 396 g/mol. The van der Waals surface area contributed by atoms with Crippen molar-refractivity contribution in [3.8, 4) is 17.1 Å². The Bertz CT molecular complexity index is 967. The molecule has 0 unspecified atom stereocenters. The van der Waals surface area contributed by atoms with Crippen molar-refractivity contribution in [2.45, 2.75) is 25.9 Å². The third-order valence-corrected chi connectivity index (χ3v) is 5.28. The quantitative estimate of drug-likeness (QED) is 0.605. The molecule has 1 heterocycles. The van der Waals surface area contributed by atoms with Gasteiger partial charge >= 0.3 is 0 Å². The van der Waals surface area contributed by atoms with Gasteiger partial charge in [0.05, 0.1) is 12.4 Å². The van der Waals surface area contributed by atoms with E-state index in [-0.39, 0.29) is 11.7 Å². The number of amides is 1. The number of nitrogens with one attached hydrogen (secondary N) is 1. The number of aryl methyl sites for hydroxylation is 2. The summed E-state index contributed by atoms with van der Waals surface area (Å²) in [5.74, 6) is 1.78. The third-order valence-electron chi connectivity index (χ3n) is 4.26. The Morgan fingerprint density at radius 1 is 1.14 bits per heavy atom. The molecule has 146 valence electrons. The van der Waals surface area contributed by atoms with Gasteiger partial charge in [-0.25, -0.2) is 0 Å². The van der Waals surface area contributed by atoms with Crippen LogP contribution in [0.1, 0.15) is 18.1 Å². The lowest BCUT2D eigenvalue weighted by molar-refractivity contribution is -0.113. The summed E-state index contributed by atoms with van der Waals surface area (Å²) >= 11 is 1.36. The molecule has 3 aromatic rings. The normalized spacial score (nSPS) is 10.7. The summed E-state index contributed by atoms with van der Waals surface area (Å²) in [5, 5.41) is 12.2. The van der Waals surface area contributed by atoms with Crippen LogP contribution in [0.5, 0.6) is 5.75 Å². The molecule has 1 amide bonds. The minimum Gasteiger partial charge on any atom is -0.494 e. The fourth-order valence-corrected chi connectivity index (χ4v) is 3.46. The summed E-state index contributed by atoms with van der Waals surface area (Å²) < 4.78 is 7.36. The second-order valence-corrected chi connectivity index (χ2v) is 7.42. The van der Waals surface area contributed by atoms with E-state index in [1.807, 2.05) is 74.9 Å². The summed E-state index contributed by atoms with van der Waals surface area (Å²) in [5.41, 5.74) is 3.95. The summed E-state index contributed by atoms with van der Waals surface area (Å²) in [6.07, 6.45) is 0. The molecule has 0 aliphatic heterocycles. The Kier molecular flexibility index (Phi) is 6.36. The average Bonchev–Trinajstić information content (AvgIpc) is 3.04. The molecule has 0 saturated heterocycles. The molecular weight excluding hydrogens is 372 g/mol. The Balaban J connectivity index is 1.64. The fourth-order valence-electron chi connectivity index (χ4n) is 2.75. The Morgan fingerprint density at radius 2 is 1.89 bits per heavy atom. The third kappa shape index (κ3) is 4.72. The molecule has 6 nitrogen and oxygen atoms in total. The first-order valence-electron chi connectivity index (χ1n) is 9.10. The fraction of sp³-hybridized carbons (Fsp3) is 0.286. The SMILES string of the molecule is CCOc1ccc(-c2nnc(SCC(=O)Nc3cc(C)ccc3C)n2C)cc1. The van der Waals surface area contributed by atoms with Gasteiger partial charge in [0.25, 0.3) is 0 Å². The molecule has 7 heteroatoms. The first kappa shape index (κ1) is 19.9. The first-order valence-corrected chi connectivity index (χ1v) is 10.1. The van der Waals surface area contributed by atoms with E-state index in [1.165, 1.54) is 11.8 Å². The Hall–Kier alpha value is -2.80. The highest BCUT2D eigenvalue weighted by Crippen LogP contribution is 2.25. The Morgan fingerprint density at radius 3 is 2.61 bits per heavy atom. The molecule has 0 radical (unpaired) electrons. The van der Waals surface area contributed by atoms with Crippen molar-refractivity contribution in [2.75, 3.05) is 17.7 Å². The maximum atomic E-state index is 12.3. The van der Waals surface area contributed by atoms with E-state index in [9.17, 15) is 4.79 Å². The number of thioether (sulfide) groups is 1. The number of nitrogens with zero attached hydrogens (tertiary/aromatic N) is 3. The molecule has 0 saturated carbocycles. The maximum Gasteiger partial charge on any atom is 0.234 e. The number of rotatable bonds is 7. The van der Waals surface area contributed by atoms with Gasteiger partial charge in [-0.15, -0.1) is 10.2 Å². The number of ether oxygens (including phenoxy) is 1. The molecular formula is C21H24N4O2S. The van der Waals surface area contributed by atoms with Crippen molar-refractivity contribution in [3.63, 3.8) is 0 Å². The van der Waals surface area contributed by atoms with Gasteiger partial charge in [-0.2, -0.15) is 0 Å². The van der Waals surface area contributed by atoms with E-state index in [4.69, 9.17) is 4.74 Å². The van der Waals surface area contributed by atoms with E-state index in [2.05, 4.69) is 15.5 Å². The van der Waals surface area contributed by atoms with Crippen LogP contribution in [0.25, 0.3) is 11.4 Å². The standard InChI is InChI=1S/C21H24N4O2S/c1-5-27-17-10-8-16(9-11-17)20-23-24-21(25(20)4)28-13-19(26)22-18-12-14(2)6-7-15(18)3/h6-12H,5,13H2,1-4H3,(H,22,26). The van der Waals surface area contributed by atoms with Gasteiger partial charge in [0.15, 0.2) is 11.0 Å². The van der Waals surface area contributed by atoms with E-state index >= 15 is 0 Å². The molecule has 0 aliphatic rings. The van der Waals surface area contributed by atoms with Crippen molar-refractivity contribution >= 4 is 23.4 Å². The minimum atomic E-state index is -0.0654. The lowest BCUT2D eigenvalue weighted by Gasteiger charge is -2.09. The summed E-state index contributed by atoms with van der Waals surface area (Å²) in [7, 11) is 1.90. The summed E-state index contributed by atoms with van der Waals surface area (Å²) in [6, 6.07) is 13.7. The number of carbonyl (C=O) groups is 1. The van der Waals surface area contributed by atoms with Gasteiger partial charge in [-0.3, -0.25) is 4.79 Å². The number of hydrogen-bond donors (Lipinski definition) is 1. The number of aromatic nitrogens is 3. The molecule has 0 aliphatic carbocycles. The second-order valence-electron chi connectivity index (χ2n) is 6.48.